The van der Waals surface area contributed by atoms with Crippen LogP contribution >= 0.6 is 35.6 Å². The van der Waals surface area contributed by atoms with Gasteiger partial charge in [0, 0.05) is 19.3 Å². The van der Waals surface area contributed by atoms with Crippen LogP contribution in [0.5, 0.6) is 5.88 Å². The van der Waals surface area contributed by atoms with E-state index in [0.29, 0.717) is 36.6 Å². The van der Waals surface area contributed by atoms with Gasteiger partial charge in [0.1, 0.15) is 11.6 Å². The maximum atomic E-state index is 5.90. The van der Waals surface area contributed by atoms with Crippen LogP contribution in [-0.4, -0.2) is 43.9 Å². The molecule has 3 N–H and O–H groups in total. The van der Waals surface area contributed by atoms with Crippen molar-refractivity contribution >= 4 is 41.5 Å². The number of nitrogens with two attached hydrogens (primary N) is 1. The van der Waals surface area contributed by atoms with Crippen molar-refractivity contribution in [2.45, 2.75) is 13.0 Å². The molecule has 0 radical (unpaired) electrons. The number of rotatable bonds is 7. The summed E-state index contributed by atoms with van der Waals surface area (Å²) < 4.78 is 10.4. The average molecular weight is 415 g/mol. The van der Waals surface area contributed by atoms with Gasteiger partial charge in [0.2, 0.25) is 5.88 Å². The molecule has 1 aromatic rings. The van der Waals surface area contributed by atoms with Crippen molar-refractivity contribution in [2.24, 2.45) is 10.7 Å². The molecule has 0 saturated heterocycles. The zero-order valence-electron chi connectivity index (χ0n) is 11.5. The van der Waals surface area contributed by atoms with Crippen molar-refractivity contribution in [2.75, 3.05) is 26.9 Å². The fourth-order valence-electron chi connectivity index (χ4n) is 1.38. The molecule has 0 fully saturated rings. The normalized spacial score (nSPS) is 12.4. The van der Waals surface area contributed by atoms with Crippen LogP contribution in [0.3, 0.4) is 0 Å². The first-order valence-corrected chi connectivity index (χ1v) is 6.30. The largest absolute Gasteiger partial charge is 0.475 e. The Morgan fingerprint density at radius 2 is 2.35 bits per heavy atom. The first-order valence-electron chi connectivity index (χ1n) is 5.92. The van der Waals surface area contributed by atoms with Crippen molar-refractivity contribution in [1.82, 2.24) is 10.3 Å². The minimum atomic E-state index is 0. The van der Waals surface area contributed by atoms with Gasteiger partial charge in [0.15, 0.2) is 5.96 Å². The molecule has 1 atom stereocenters. The minimum absolute atomic E-state index is 0. The number of nitrogens with zero attached hydrogens (tertiary/aromatic N) is 2. The Morgan fingerprint density at radius 3 is 3.00 bits per heavy atom. The molecule has 0 aliphatic carbocycles. The number of nitrogens with one attached hydrogen (secondary N) is 1. The summed E-state index contributed by atoms with van der Waals surface area (Å²) >= 11 is 5.90. The molecule has 0 spiro atoms. The topological polar surface area (TPSA) is 81.8 Å². The highest BCUT2D eigenvalue weighted by Gasteiger charge is 2.02. The van der Waals surface area contributed by atoms with Crippen molar-refractivity contribution in [1.29, 1.82) is 0 Å². The third kappa shape index (κ3) is 7.71. The molecule has 0 aliphatic heterocycles. The van der Waals surface area contributed by atoms with Crippen LogP contribution in [0, 0.1) is 0 Å². The fourth-order valence-corrected chi connectivity index (χ4v) is 1.55. The summed E-state index contributed by atoms with van der Waals surface area (Å²) in [5.41, 5.74) is 5.70. The van der Waals surface area contributed by atoms with E-state index in [-0.39, 0.29) is 30.0 Å². The van der Waals surface area contributed by atoms with Crippen LogP contribution in [0.15, 0.2) is 23.3 Å². The van der Waals surface area contributed by atoms with Gasteiger partial charge in [-0.25, -0.2) is 9.98 Å². The van der Waals surface area contributed by atoms with Gasteiger partial charge >= 0.3 is 0 Å². The standard InChI is InChI=1S/C12H19ClN4O2.HI/c1-9(8-18-2)17-12(14)16-6-7-19-11-10(13)4-3-5-15-11;/h3-5,9H,6-8H2,1-2H3,(H3,14,16,17);1H. The number of aromatic nitrogens is 1. The van der Waals surface area contributed by atoms with E-state index in [4.69, 9.17) is 26.8 Å². The highest BCUT2D eigenvalue weighted by molar-refractivity contribution is 14.0. The number of hydrogen-bond acceptors (Lipinski definition) is 4. The van der Waals surface area contributed by atoms with E-state index in [0.717, 1.165) is 0 Å². The van der Waals surface area contributed by atoms with Crippen molar-refractivity contribution in [3.63, 3.8) is 0 Å². The second-order valence-corrected chi connectivity index (χ2v) is 4.31. The van der Waals surface area contributed by atoms with Gasteiger partial charge in [-0.15, -0.1) is 24.0 Å². The van der Waals surface area contributed by atoms with E-state index in [1.165, 1.54) is 0 Å². The van der Waals surface area contributed by atoms with Crippen LogP contribution in [0.4, 0.5) is 0 Å². The summed E-state index contributed by atoms with van der Waals surface area (Å²) in [6.45, 7) is 3.30. The molecular weight excluding hydrogens is 395 g/mol. The zero-order valence-corrected chi connectivity index (χ0v) is 14.6. The van der Waals surface area contributed by atoms with Crippen LogP contribution in [0.25, 0.3) is 0 Å². The quantitative estimate of drug-likeness (QED) is 0.307. The van der Waals surface area contributed by atoms with Crippen molar-refractivity contribution in [3.8, 4) is 5.88 Å². The van der Waals surface area contributed by atoms with Gasteiger partial charge in [-0.3, -0.25) is 0 Å². The summed E-state index contributed by atoms with van der Waals surface area (Å²) in [4.78, 5) is 8.12. The van der Waals surface area contributed by atoms with E-state index >= 15 is 0 Å². The number of aliphatic imine (C=N–C) groups is 1. The highest BCUT2D eigenvalue weighted by Crippen LogP contribution is 2.19. The minimum Gasteiger partial charge on any atom is -0.475 e. The summed E-state index contributed by atoms with van der Waals surface area (Å²) in [6.07, 6.45) is 1.62. The smallest absolute Gasteiger partial charge is 0.232 e. The monoisotopic (exact) mass is 414 g/mol. The second kappa shape index (κ2) is 10.9. The van der Waals surface area contributed by atoms with E-state index < -0.39 is 0 Å². The Kier molecular flexibility index (Phi) is 10.5. The molecule has 0 bridgehead atoms. The number of guanidine groups is 1. The van der Waals surface area contributed by atoms with E-state index in [1.807, 2.05) is 6.92 Å². The molecule has 1 unspecified atom stereocenters. The highest BCUT2D eigenvalue weighted by atomic mass is 127. The molecular formula is C12H20ClIN4O2. The number of halogens is 2. The Bertz CT molecular complexity index is 420. The van der Waals surface area contributed by atoms with Crippen molar-refractivity contribution in [3.05, 3.63) is 23.4 Å². The summed E-state index contributed by atoms with van der Waals surface area (Å²) in [5.74, 6) is 0.763. The van der Waals surface area contributed by atoms with Gasteiger partial charge in [0.05, 0.1) is 13.2 Å². The first-order chi connectivity index (χ1) is 9.13. The van der Waals surface area contributed by atoms with E-state index in [1.54, 1.807) is 25.4 Å². The van der Waals surface area contributed by atoms with Gasteiger partial charge in [-0.05, 0) is 19.1 Å². The molecule has 6 nitrogen and oxygen atoms in total. The Balaban J connectivity index is 0.00000361. The van der Waals surface area contributed by atoms with Crippen LogP contribution in [-0.2, 0) is 4.74 Å². The van der Waals surface area contributed by atoms with Gasteiger partial charge in [-0.2, -0.15) is 0 Å². The summed E-state index contributed by atoms with van der Waals surface area (Å²) in [5, 5.41) is 3.47. The lowest BCUT2D eigenvalue weighted by Gasteiger charge is -2.13. The molecule has 0 aromatic carbocycles. The third-order valence-electron chi connectivity index (χ3n) is 2.15. The molecule has 114 valence electrons. The first kappa shape index (κ1) is 19.2. The number of ether oxygens (including phenoxy) is 2. The molecule has 1 rings (SSSR count). The van der Waals surface area contributed by atoms with Crippen molar-refractivity contribution < 1.29 is 9.47 Å². The zero-order chi connectivity index (χ0) is 14.1. The fraction of sp³-hybridized carbons (Fsp3) is 0.500. The number of hydrogen-bond donors (Lipinski definition) is 2. The predicted octanol–water partition coefficient (Wildman–Crippen LogP) is 1.67. The lowest BCUT2D eigenvalue weighted by Crippen LogP contribution is -2.40. The molecule has 0 saturated carbocycles. The molecule has 8 heteroatoms. The molecule has 20 heavy (non-hydrogen) atoms. The Labute approximate surface area is 141 Å². The van der Waals surface area contributed by atoms with Gasteiger partial charge in [-0.1, -0.05) is 11.6 Å². The third-order valence-corrected chi connectivity index (χ3v) is 2.44. The van der Waals surface area contributed by atoms with Gasteiger partial charge in [0.25, 0.3) is 0 Å². The van der Waals surface area contributed by atoms with Crippen LogP contribution in [0.2, 0.25) is 5.02 Å². The molecule has 0 amide bonds. The lowest BCUT2D eigenvalue weighted by atomic mass is 10.4. The Morgan fingerprint density at radius 1 is 1.60 bits per heavy atom. The van der Waals surface area contributed by atoms with Crippen LogP contribution in [0.1, 0.15) is 6.92 Å². The maximum absolute atomic E-state index is 5.90. The van der Waals surface area contributed by atoms with E-state index in [9.17, 15) is 0 Å². The van der Waals surface area contributed by atoms with E-state index in [2.05, 4.69) is 15.3 Å². The predicted molar refractivity (Wildman–Crippen MR) is 91.1 cm³/mol. The average Bonchev–Trinajstić information content (AvgIpc) is 2.36. The summed E-state index contributed by atoms with van der Waals surface area (Å²) in [6, 6.07) is 3.57. The number of methoxy groups -OCH3 is 1. The Hall–Kier alpha value is -0.800. The van der Waals surface area contributed by atoms with Gasteiger partial charge < -0.3 is 20.5 Å². The lowest BCUT2D eigenvalue weighted by molar-refractivity contribution is 0.179. The SMILES string of the molecule is COCC(C)NC(N)=NCCOc1ncccc1Cl.I. The maximum Gasteiger partial charge on any atom is 0.232 e. The summed E-state index contributed by atoms with van der Waals surface area (Å²) in [7, 11) is 1.63. The van der Waals surface area contributed by atoms with Crippen LogP contribution < -0.4 is 15.8 Å². The number of pyridine rings is 1. The molecule has 0 aliphatic rings. The second-order valence-electron chi connectivity index (χ2n) is 3.91. The molecule has 1 aromatic heterocycles. The molecule has 1 heterocycles.